The number of aromatic nitrogens is 2. The summed E-state index contributed by atoms with van der Waals surface area (Å²) in [7, 11) is -3.18. The number of pyridine rings is 2. The zero-order chi connectivity index (χ0) is 19.6. The number of sulfone groups is 1. The molecule has 27 heavy (non-hydrogen) atoms. The Labute approximate surface area is 160 Å². The lowest BCUT2D eigenvalue weighted by Crippen LogP contribution is -2.29. The van der Waals surface area contributed by atoms with Gasteiger partial charge in [-0.1, -0.05) is 11.6 Å². The highest BCUT2D eigenvalue weighted by Crippen LogP contribution is 2.30. The van der Waals surface area contributed by atoms with Crippen molar-refractivity contribution in [3.05, 3.63) is 59.3 Å². The predicted octanol–water partition coefficient (Wildman–Crippen LogP) is 2.86. The van der Waals surface area contributed by atoms with Gasteiger partial charge in [-0.2, -0.15) is 0 Å². The fraction of sp³-hybridized carbons (Fsp3) is 0.167. The van der Waals surface area contributed by atoms with Crippen LogP contribution in [0.4, 0.5) is 4.39 Å². The van der Waals surface area contributed by atoms with Gasteiger partial charge in [-0.3, -0.25) is 9.78 Å². The Morgan fingerprint density at radius 3 is 2.67 bits per heavy atom. The molecule has 3 aromatic rings. The van der Waals surface area contributed by atoms with E-state index in [-0.39, 0.29) is 28.6 Å². The van der Waals surface area contributed by atoms with E-state index in [0.717, 1.165) is 6.26 Å². The lowest BCUT2D eigenvalue weighted by Gasteiger charge is -2.09. The number of amides is 1. The molecule has 0 fully saturated rings. The molecule has 9 heteroatoms. The Hall–Kier alpha value is -2.58. The Bertz CT molecular complexity index is 1140. The van der Waals surface area contributed by atoms with E-state index >= 15 is 0 Å². The van der Waals surface area contributed by atoms with Crippen LogP contribution in [0.3, 0.4) is 0 Å². The van der Waals surface area contributed by atoms with Crippen LogP contribution in [0, 0.1) is 5.82 Å². The topological polar surface area (TPSA) is 89.0 Å². The Kier molecular flexibility index (Phi) is 5.38. The van der Waals surface area contributed by atoms with Crippen molar-refractivity contribution in [1.82, 2.24) is 15.3 Å². The molecule has 0 bridgehead atoms. The first-order valence-electron chi connectivity index (χ1n) is 7.91. The molecule has 0 saturated heterocycles. The van der Waals surface area contributed by atoms with Gasteiger partial charge in [0.1, 0.15) is 21.3 Å². The van der Waals surface area contributed by atoms with Gasteiger partial charge in [-0.05, 0) is 30.3 Å². The zero-order valence-corrected chi connectivity index (χ0v) is 15.8. The lowest BCUT2D eigenvalue weighted by atomic mass is 10.0. The van der Waals surface area contributed by atoms with Crippen LogP contribution in [0.1, 0.15) is 10.5 Å². The number of benzene rings is 1. The Morgan fingerprint density at radius 2 is 1.96 bits per heavy atom. The minimum absolute atomic E-state index is 0.0214. The van der Waals surface area contributed by atoms with Crippen LogP contribution in [0.25, 0.3) is 22.0 Å². The SMILES string of the molecule is CS(=O)(=O)CCNC(=O)c1ccc2cncc(-c3ccc(Cl)cc3F)c2n1. The molecule has 0 saturated carbocycles. The quantitative estimate of drug-likeness (QED) is 0.702. The summed E-state index contributed by atoms with van der Waals surface area (Å²) in [6.45, 7) is -0.0214. The van der Waals surface area contributed by atoms with Gasteiger partial charge in [0.05, 0.1) is 11.3 Å². The molecule has 2 aromatic heterocycles. The minimum Gasteiger partial charge on any atom is -0.350 e. The average Bonchev–Trinajstić information content (AvgIpc) is 2.60. The van der Waals surface area contributed by atoms with E-state index < -0.39 is 21.6 Å². The van der Waals surface area contributed by atoms with Crippen molar-refractivity contribution in [2.45, 2.75) is 0 Å². The number of nitrogens with zero attached hydrogens (tertiary/aromatic N) is 2. The molecule has 1 amide bonds. The third kappa shape index (κ3) is 4.58. The van der Waals surface area contributed by atoms with Gasteiger partial charge in [0.2, 0.25) is 0 Å². The summed E-state index contributed by atoms with van der Waals surface area (Å²) in [6, 6.07) is 7.42. The lowest BCUT2D eigenvalue weighted by molar-refractivity contribution is 0.0951. The monoisotopic (exact) mass is 407 g/mol. The molecule has 1 N–H and O–H groups in total. The van der Waals surface area contributed by atoms with Crippen LogP contribution < -0.4 is 5.32 Å². The van der Waals surface area contributed by atoms with E-state index in [1.165, 1.54) is 24.4 Å². The number of hydrogen-bond acceptors (Lipinski definition) is 5. The highest BCUT2D eigenvalue weighted by molar-refractivity contribution is 7.90. The number of carbonyl (C=O) groups is 1. The van der Waals surface area contributed by atoms with Crippen molar-refractivity contribution in [3.8, 4) is 11.1 Å². The fourth-order valence-corrected chi connectivity index (χ4v) is 3.15. The number of rotatable bonds is 5. The number of nitrogens with one attached hydrogen (secondary N) is 1. The molecular formula is C18H15ClFN3O3S. The summed E-state index contributed by atoms with van der Waals surface area (Å²) in [4.78, 5) is 20.7. The molecule has 140 valence electrons. The molecule has 0 aliphatic heterocycles. The second kappa shape index (κ2) is 7.58. The van der Waals surface area contributed by atoms with Gasteiger partial charge < -0.3 is 5.32 Å². The highest BCUT2D eigenvalue weighted by Gasteiger charge is 2.14. The Morgan fingerprint density at radius 1 is 1.19 bits per heavy atom. The third-order valence-corrected chi connectivity index (χ3v) is 4.99. The smallest absolute Gasteiger partial charge is 0.269 e. The van der Waals surface area contributed by atoms with Gasteiger partial charge in [0.15, 0.2) is 0 Å². The molecule has 2 heterocycles. The molecule has 1 aromatic carbocycles. The van der Waals surface area contributed by atoms with Crippen molar-refractivity contribution in [3.63, 3.8) is 0 Å². The largest absolute Gasteiger partial charge is 0.350 e. The molecular weight excluding hydrogens is 393 g/mol. The highest BCUT2D eigenvalue weighted by atomic mass is 35.5. The van der Waals surface area contributed by atoms with Gasteiger partial charge in [0.25, 0.3) is 5.91 Å². The fourth-order valence-electron chi connectivity index (χ4n) is 2.52. The first-order chi connectivity index (χ1) is 12.7. The zero-order valence-electron chi connectivity index (χ0n) is 14.2. The van der Waals surface area contributed by atoms with Crippen LogP contribution in [-0.4, -0.2) is 42.8 Å². The van der Waals surface area contributed by atoms with E-state index in [1.54, 1.807) is 18.3 Å². The van der Waals surface area contributed by atoms with Crippen LogP contribution in [0.2, 0.25) is 5.02 Å². The van der Waals surface area contributed by atoms with E-state index in [9.17, 15) is 17.6 Å². The molecule has 0 unspecified atom stereocenters. The van der Waals surface area contributed by atoms with Gasteiger partial charge in [-0.25, -0.2) is 17.8 Å². The molecule has 0 aliphatic rings. The molecule has 0 aliphatic carbocycles. The number of carbonyl (C=O) groups excluding carboxylic acids is 1. The van der Waals surface area contributed by atoms with Crippen molar-refractivity contribution >= 4 is 38.2 Å². The summed E-state index contributed by atoms with van der Waals surface area (Å²) < 4.78 is 36.7. The standard InChI is InChI=1S/C18H15ClFN3O3S/c1-27(25,26)7-6-22-18(24)16-5-2-11-9-21-10-14(17(11)23-16)13-4-3-12(19)8-15(13)20/h2-5,8-10H,6-7H2,1H3,(H,22,24). The summed E-state index contributed by atoms with van der Waals surface area (Å²) >= 11 is 5.80. The summed E-state index contributed by atoms with van der Waals surface area (Å²) in [5.74, 6) is -1.21. The summed E-state index contributed by atoms with van der Waals surface area (Å²) in [5.41, 5.74) is 1.19. The van der Waals surface area contributed by atoms with E-state index in [4.69, 9.17) is 11.6 Å². The van der Waals surface area contributed by atoms with Crippen molar-refractivity contribution < 1.29 is 17.6 Å². The van der Waals surface area contributed by atoms with Crippen molar-refractivity contribution in [2.24, 2.45) is 0 Å². The van der Waals surface area contributed by atoms with Crippen molar-refractivity contribution in [1.29, 1.82) is 0 Å². The number of hydrogen-bond donors (Lipinski definition) is 1. The first kappa shape index (κ1) is 19.2. The van der Waals surface area contributed by atoms with Gasteiger partial charge >= 0.3 is 0 Å². The van der Waals surface area contributed by atoms with Gasteiger partial charge in [0, 0.05) is 46.7 Å². The van der Waals surface area contributed by atoms with Crippen LogP contribution in [0.15, 0.2) is 42.7 Å². The first-order valence-corrected chi connectivity index (χ1v) is 10.3. The van der Waals surface area contributed by atoms with Crippen molar-refractivity contribution in [2.75, 3.05) is 18.6 Å². The minimum atomic E-state index is -3.18. The molecule has 0 radical (unpaired) electrons. The van der Waals surface area contributed by atoms with Crippen LogP contribution in [0.5, 0.6) is 0 Å². The summed E-state index contributed by atoms with van der Waals surface area (Å²) in [5, 5.41) is 3.41. The number of fused-ring (bicyclic) bond motifs is 1. The second-order valence-electron chi connectivity index (χ2n) is 5.97. The molecule has 3 rings (SSSR count). The summed E-state index contributed by atoms with van der Waals surface area (Å²) in [6.07, 6.45) is 4.12. The van der Waals surface area contributed by atoms with Crippen LogP contribution >= 0.6 is 11.6 Å². The average molecular weight is 408 g/mol. The maximum absolute atomic E-state index is 14.3. The Balaban J connectivity index is 1.98. The third-order valence-electron chi connectivity index (χ3n) is 3.81. The second-order valence-corrected chi connectivity index (χ2v) is 8.66. The van der Waals surface area contributed by atoms with Gasteiger partial charge in [-0.15, -0.1) is 0 Å². The van der Waals surface area contributed by atoms with E-state index in [1.807, 2.05) is 0 Å². The molecule has 0 spiro atoms. The maximum atomic E-state index is 14.3. The van der Waals surface area contributed by atoms with Crippen LogP contribution in [-0.2, 0) is 9.84 Å². The molecule has 0 atom stereocenters. The number of halogens is 2. The van der Waals surface area contributed by atoms with E-state index in [2.05, 4.69) is 15.3 Å². The van der Waals surface area contributed by atoms with E-state index in [0.29, 0.717) is 16.5 Å². The predicted molar refractivity (Wildman–Crippen MR) is 102 cm³/mol. The normalized spacial score (nSPS) is 11.5. The molecule has 6 nitrogen and oxygen atoms in total. The maximum Gasteiger partial charge on any atom is 0.269 e.